The minimum Gasteiger partial charge on any atom is -0.179 e. The van der Waals surface area contributed by atoms with Crippen LogP contribution in [0.25, 0.3) is 208 Å². The van der Waals surface area contributed by atoms with Crippen LogP contribution in [0.2, 0.25) is 0 Å². The van der Waals surface area contributed by atoms with Gasteiger partial charge in [-0.2, -0.15) is 12.6 Å². The third kappa shape index (κ3) is 17.6. The number of rotatable bonds is 21. The number of hydrogen-bond acceptors (Lipinski definition) is 1. The number of aryl methyl sites for hydroxylation is 2. The Bertz CT molecular complexity index is 7730. The quantitative estimate of drug-likeness (QED) is 0.0414. The molecular weight excluding hydrogens is 1620 g/mol. The lowest BCUT2D eigenvalue weighted by Crippen LogP contribution is -2.12. The molecule has 644 valence electrons. The first-order chi connectivity index (χ1) is 65.8. The number of thiol groups is 1. The van der Waals surface area contributed by atoms with E-state index in [1.807, 2.05) is 0 Å². The molecule has 0 aromatic heterocycles. The predicted molar refractivity (Wildman–Crippen MR) is 581 cm³/mol. The Morgan fingerprint density at radius 1 is 0.203 bits per heavy atom. The van der Waals surface area contributed by atoms with E-state index in [1.165, 1.54) is 296 Å². The zero-order valence-corrected chi connectivity index (χ0v) is 77.0. The zero-order valence-electron chi connectivity index (χ0n) is 76.1. The summed E-state index contributed by atoms with van der Waals surface area (Å²) in [5.74, 6) is 2.51. The molecule has 0 bridgehead atoms. The van der Waals surface area contributed by atoms with Gasteiger partial charge in [0.05, 0.1) is 0 Å². The second-order valence-corrected chi connectivity index (χ2v) is 37.3. The Morgan fingerprint density at radius 2 is 0.556 bits per heavy atom. The largest absolute Gasteiger partial charge is 0.179 e. The monoisotopic (exact) mass is 1730 g/mol. The van der Waals surface area contributed by atoms with Gasteiger partial charge in [0.1, 0.15) is 0 Å². The summed E-state index contributed by atoms with van der Waals surface area (Å²) in [5.41, 5.74) is 29.6. The highest BCUT2D eigenvalue weighted by Gasteiger charge is 2.27. The molecule has 22 aromatic rings. The van der Waals surface area contributed by atoms with Crippen LogP contribution >= 0.6 is 12.6 Å². The summed E-state index contributed by atoms with van der Waals surface area (Å²) < 4.78 is 0. The van der Waals surface area contributed by atoms with E-state index >= 15 is 0 Å². The molecule has 1 heteroatoms. The molecule has 0 aliphatic heterocycles. The highest BCUT2D eigenvalue weighted by molar-refractivity contribution is 7.80. The Morgan fingerprint density at radius 3 is 1.11 bits per heavy atom. The van der Waals surface area contributed by atoms with Crippen molar-refractivity contribution in [1.82, 2.24) is 0 Å². The minimum absolute atomic E-state index is 0.641. The fourth-order valence-electron chi connectivity index (χ4n) is 21.8. The van der Waals surface area contributed by atoms with Crippen LogP contribution < -0.4 is 0 Å². The van der Waals surface area contributed by atoms with E-state index in [9.17, 15) is 0 Å². The highest BCUT2D eigenvalue weighted by atomic mass is 32.1. The van der Waals surface area contributed by atoms with Crippen molar-refractivity contribution in [3.8, 4) is 111 Å². The topological polar surface area (TPSA) is 0 Å². The van der Waals surface area contributed by atoms with Gasteiger partial charge in [0, 0.05) is 0 Å². The molecule has 0 atom stereocenters. The first-order valence-electron chi connectivity index (χ1n) is 48.4. The van der Waals surface area contributed by atoms with Crippen LogP contribution in [0, 0.1) is 12.8 Å². The average molecular weight is 1730 g/mol. The van der Waals surface area contributed by atoms with Crippen LogP contribution in [0.1, 0.15) is 107 Å². The van der Waals surface area contributed by atoms with Gasteiger partial charge in [-0.3, -0.25) is 0 Å². The van der Waals surface area contributed by atoms with Gasteiger partial charge in [-0.05, 0) is 318 Å². The van der Waals surface area contributed by atoms with Crippen molar-refractivity contribution in [2.45, 2.75) is 103 Å². The molecule has 0 N–H and O–H groups in total. The van der Waals surface area contributed by atoms with Gasteiger partial charge in [0.15, 0.2) is 0 Å². The van der Waals surface area contributed by atoms with Crippen LogP contribution in [0.5, 0.6) is 0 Å². The van der Waals surface area contributed by atoms with E-state index in [4.69, 9.17) is 0 Å². The Kier molecular flexibility index (Phi) is 25.2. The molecule has 0 nitrogen and oxygen atoms in total. The standard InChI is InChI=1S/C52H48S.C43H30.C37H32/c53-35-17-6-4-2-1-3-5-8-18-38-27-29-41(30-28-38)50-37-44(33-34-45(50)40-20-9-7-10-21-40)52-48-25-15-13-23-46(48)51(47-24-14-16-26-49(47)52)43-32-31-39-19-11-12-22-42(39)36-43;1-29-14-12-24-36-35(29)23-13-25-37(36)43-40-21-10-8-19-38(40)42(39-20-9-11-22-41(39)43)34-27-32(30-15-4-2-5-16-30)26-33(28-34)31-17-6-3-7-18-31;1-25-20-22-27(23-21-25)36-32-15-4-6-17-34(32)37(35-18-7-5-16-33(35)36)29-13-8-12-28(24-29)31-19-9-11-26-10-2-3-14-30(26)31/h7,9-16,19-34,36-37,53H,1-6,8,17-18,35H2;2-28H,1H3;2-19,24-25,27H,20-23H2,1H3. The summed E-state index contributed by atoms with van der Waals surface area (Å²) in [6, 6.07) is 164. The fraction of sp³-hybridized carbons (Fsp3) is 0.136. The molecule has 0 spiro atoms. The van der Waals surface area contributed by atoms with Crippen LogP contribution in [0.15, 0.2) is 443 Å². The van der Waals surface area contributed by atoms with E-state index in [-0.39, 0.29) is 0 Å². The van der Waals surface area contributed by atoms with Gasteiger partial charge in [-0.1, -0.05) is 465 Å². The summed E-state index contributed by atoms with van der Waals surface area (Å²) in [5, 5.41) is 23.6. The van der Waals surface area contributed by atoms with Gasteiger partial charge < -0.3 is 0 Å². The second-order valence-electron chi connectivity index (χ2n) is 36.8. The number of hydrogen-bond donors (Lipinski definition) is 1. The van der Waals surface area contributed by atoms with Gasteiger partial charge in [0.25, 0.3) is 0 Å². The maximum absolute atomic E-state index is 4.34. The molecule has 22 aromatic carbocycles. The molecule has 0 heterocycles. The maximum Gasteiger partial charge on any atom is -0.00201 e. The lowest BCUT2D eigenvalue weighted by molar-refractivity contribution is 0.350. The van der Waals surface area contributed by atoms with E-state index in [0.29, 0.717) is 5.92 Å². The molecule has 0 saturated heterocycles. The lowest BCUT2D eigenvalue weighted by Gasteiger charge is -2.29. The van der Waals surface area contributed by atoms with E-state index in [2.05, 4.69) is 469 Å². The second kappa shape index (κ2) is 39.3. The number of benzene rings is 22. The third-order valence-electron chi connectivity index (χ3n) is 28.4. The average Bonchev–Trinajstić information content (AvgIpc) is 0.738. The molecule has 133 heavy (non-hydrogen) atoms. The molecule has 1 aliphatic carbocycles. The molecule has 23 rings (SSSR count). The highest BCUT2D eigenvalue weighted by Crippen LogP contribution is 2.52. The first-order valence-corrected chi connectivity index (χ1v) is 49.0. The van der Waals surface area contributed by atoms with Crippen molar-refractivity contribution in [2.24, 2.45) is 5.92 Å². The van der Waals surface area contributed by atoms with Crippen LogP contribution in [0.3, 0.4) is 0 Å². The van der Waals surface area contributed by atoms with Crippen molar-refractivity contribution in [1.29, 1.82) is 0 Å². The number of fused-ring (bicyclic) bond motifs is 9. The van der Waals surface area contributed by atoms with E-state index in [1.54, 1.807) is 5.56 Å². The minimum atomic E-state index is 0.641. The molecule has 0 amide bonds. The van der Waals surface area contributed by atoms with Crippen LogP contribution in [-0.4, -0.2) is 5.75 Å². The van der Waals surface area contributed by atoms with Crippen molar-refractivity contribution >= 4 is 110 Å². The molecule has 0 radical (unpaired) electrons. The summed E-state index contributed by atoms with van der Waals surface area (Å²) in [6.45, 7) is 4.62. The smallest absolute Gasteiger partial charge is 0.00201 e. The maximum atomic E-state index is 4.34. The Hall–Kier alpha value is -14.5. The Balaban J connectivity index is 0.000000122. The summed E-state index contributed by atoms with van der Waals surface area (Å²) in [4.78, 5) is 0. The summed E-state index contributed by atoms with van der Waals surface area (Å²) in [6.07, 6.45) is 17.0. The molecular formula is C132H110S. The van der Waals surface area contributed by atoms with Crippen molar-refractivity contribution in [3.63, 3.8) is 0 Å². The molecule has 0 unspecified atom stereocenters. The van der Waals surface area contributed by atoms with Crippen molar-refractivity contribution in [2.75, 3.05) is 5.75 Å². The third-order valence-corrected chi connectivity index (χ3v) is 28.7. The number of unbranched alkanes of at least 4 members (excludes halogenated alkanes) is 7. The van der Waals surface area contributed by atoms with Crippen molar-refractivity contribution < 1.29 is 0 Å². The lowest BCUT2D eigenvalue weighted by atomic mass is 9.75. The van der Waals surface area contributed by atoms with E-state index < -0.39 is 0 Å². The SMILES string of the molecule is CC1CCC(c2c3ccccc3c(-c3cccc(-c4cccc5ccccc45)c3)c3ccccc23)CC1.Cc1cccc2c(-c3c4ccccc4c(-c4cc(-c5ccccc5)cc(-c5ccccc5)c4)c4ccccc34)cccc12.SCCCCCCCCCCc1ccc(-c2cc(-c3c4ccccc4c(-c4ccc5ccccc5c4)c4ccccc34)ccc2-c2ccccc2)cc1. The summed E-state index contributed by atoms with van der Waals surface area (Å²) in [7, 11) is 0. The molecule has 1 aliphatic rings. The van der Waals surface area contributed by atoms with Gasteiger partial charge in [0.2, 0.25) is 0 Å². The first kappa shape index (κ1) is 85.3. The Labute approximate surface area is 789 Å². The van der Waals surface area contributed by atoms with Gasteiger partial charge in [-0.15, -0.1) is 0 Å². The van der Waals surface area contributed by atoms with Crippen molar-refractivity contribution in [3.05, 3.63) is 460 Å². The normalized spacial score (nSPS) is 13.3. The van der Waals surface area contributed by atoms with Gasteiger partial charge in [-0.25, -0.2) is 0 Å². The molecule has 1 fully saturated rings. The zero-order chi connectivity index (χ0) is 89.3. The van der Waals surface area contributed by atoms with Crippen LogP contribution in [0.4, 0.5) is 0 Å². The fourth-order valence-corrected chi connectivity index (χ4v) is 22.0. The van der Waals surface area contributed by atoms with E-state index in [0.717, 1.165) is 18.1 Å². The van der Waals surface area contributed by atoms with Crippen LogP contribution in [-0.2, 0) is 6.42 Å². The summed E-state index contributed by atoms with van der Waals surface area (Å²) >= 11 is 4.34. The predicted octanol–water partition coefficient (Wildman–Crippen LogP) is 38.3. The molecule has 1 saturated carbocycles. The van der Waals surface area contributed by atoms with Gasteiger partial charge >= 0.3 is 0 Å².